The van der Waals surface area contributed by atoms with Crippen molar-refractivity contribution in [2.75, 3.05) is 6.54 Å². The van der Waals surface area contributed by atoms with E-state index in [0.29, 0.717) is 12.1 Å². The molecule has 0 bridgehead atoms. The Kier molecular flexibility index (Phi) is 6.51. The van der Waals surface area contributed by atoms with E-state index < -0.39 is 37.6 Å². The summed E-state index contributed by atoms with van der Waals surface area (Å²) in [5, 5.41) is 42.1. The maximum atomic E-state index is 11.1. The standard InChI is InChI=1S/C6H3N3O7.C3H9N/c10-6-4(8(13)14)1-3(7(11)12)2-5(6)9(15)16;1-2-3-4/h1-2,10H;2-4H2,1H3. The summed E-state index contributed by atoms with van der Waals surface area (Å²) in [4.78, 5) is 27.5. The number of quaternary nitrogens is 1. The molecule has 0 saturated carbocycles. The van der Waals surface area contributed by atoms with Crippen molar-refractivity contribution >= 4 is 17.1 Å². The fourth-order valence-electron chi connectivity index (χ4n) is 0.961. The second kappa shape index (κ2) is 7.58. The molecule has 0 aliphatic carbocycles. The van der Waals surface area contributed by atoms with E-state index in [0.717, 1.165) is 6.54 Å². The van der Waals surface area contributed by atoms with Crippen molar-refractivity contribution in [3.05, 3.63) is 42.5 Å². The van der Waals surface area contributed by atoms with Crippen LogP contribution in [0.4, 0.5) is 17.1 Å². The largest absolute Gasteiger partial charge is 0.863 e. The molecule has 11 nitrogen and oxygen atoms in total. The van der Waals surface area contributed by atoms with E-state index in [1.807, 2.05) is 0 Å². The lowest BCUT2D eigenvalue weighted by Crippen LogP contribution is -2.49. The molecule has 0 unspecified atom stereocenters. The molecular weight excluding hydrogens is 276 g/mol. The Hall–Kier alpha value is -2.82. The summed E-state index contributed by atoms with van der Waals surface area (Å²) in [5.74, 6) is -1.46. The molecule has 0 aliphatic rings. The van der Waals surface area contributed by atoms with Crippen molar-refractivity contribution in [3.8, 4) is 5.75 Å². The molecule has 0 fully saturated rings. The molecule has 110 valence electrons. The molecule has 0 radical (unpaired) electrons. The molecule has 20 heavy (non-hydrogen) atoms. The first-order valence-corrected chi connectivity index (χ1v) is 5.33. The van der Waals surface area contributed by atoms with Crippen LogP contribution in [0, 0.1) is 30.3 Å². The van der Waals surface area contributed by atoms with Gasteiger partial charge < -0.3 is 10.8 Å². The smallest absolute Gasteiger partial charge is 0.283 e. The van der Waals surface area contributed by atoms with Crippen LogP contribution < -0.4 is 10.8 Å². The highest BCUT2D eigenvalue weighted by molar-refractivity contribution is 5.63. The van der Waals surface area contributed by atoms with Gasteiger partial charge in [0, 0.05) is 0 Å². The Morgan fingerprint density at radius 1 is 1.00 bits per heavy atom. The molecule has 0 amide bonds. The van der Waals surface area contributed by atoms with Crippen LogP contribution in [-0.2, 0) is 0 Å². The average Bonchev–Trinajstić information content (AvgIpc) is 2.38. The summed E-state index contributed by atoms with van der Waals surface area (Å²) < 4.78 is 0. The van der Waals surface area contributed by atoms with Gasteiger partial charge in [-0.25, -0.2) is 0 Å². The Morgan fingerprint density at radius 2 is 1.35 bits per heavy atom. The number of hydrogen-bond acceptors (Lipinski definition) is 7. The van der Waals surface area contributed by atoms with Gasteiger partial charge in [-0.2, -0.15) is 0 Å². The van der Waals surface area contributed by atoms with E-state index in [4.69, 9.17) is 0 Å². The van der Waals surface area contributed by atoms with Crippen LogP contribution in [0.5, 0.6) is 5.75 Å². The lowest BCUT2D eigenvalue weighted by molar-refractivity contribution is -0.420. The van der Waals surface area contributed by atoms with Gasteiger partial charge in [-0.05, 0) is 6.42 Å². The summed E-state index contributed by atoms with van der Waals surface area (Å²) in [5.41, 5.74) is 0.340. The van der Waals surface area contributed by atoms with Crippen LogP contribution >= 0.6 is 0 Å². The number of nitro benzene ring substituents is 3. The Bertz CT molecular complexity index is 494. The maximum Gasteiger partial charge on any atom is 0.283 e. The van der Waals surface area contributed by atoms with Gasteiger partial charge in [-0.15, -0.1) is 0 Å². The van der Waals surface area contributed by atoms with Gasteiger partial charge in [-0.1, -0.05) is 6.92 Å². The van der Waals surface area contributed by atoms with Gasteiger partial charge in [0.2, 0.25) is 0 Å². The first-order valence-electron chi connectivity index (χ1n) is 5.33. The number of hydrogen-bond donors (Lipinski definition) is 1. The predicted octanol–water partition coefficient (Wildman–Crippen LogP) is 0.123. The van der Waals surface area contributed by atoms with Crippen LogP contribution in [0.25, 0.3) is 0 Å². The molecule has 1 rings (SSSR count). The van der Waals surface area contributed by atoms with Crippen LogP contribution in [0.2, 0.25) is 0 Å². The first kappa shape index (κ1) is 17.2. The van der Waals surface area contributed by atoms with E-state index in [2.05, 4.69) is 12.7 Å². The fraction of sp³-hybridized carbons (Fsp3) is 0.333. The quantitative estimate of drug-likeness (QED) is 0.602. The van der Waals surface area contributed by atoms with Gasteiger partial charge in [0.05, 0.1) is 39.2 Å². The number of rotatable bonds is 4. The number of nitro groups is 3. The Labute approximate surface area is 112 Å². The van der Waals surface area contributed by atoms with Gasteiger partial charge >= 0.3 is 0 Å². The van der Waals surface area contributed by atoms with Crippen molar-refractivity contribution in [2.24, 2.45) is 0 Å². The molecule has 11 heteroatoms. The van der Waals surface area contributed by atoms with Gasteiger partial charge in [0.25, 0.3) is 17.1 Å². The minimum Gasteiger partial charge on any atom is -0.863 e. The first-order chi connectivity index (χ1) is 9.26. The summed E-state index contributed by atoms with van der Waals surface area (Å²) in [7, 11) is 0. The maximum absolute atomic E-state index is 11.1. The summed E-state index contributed by atoms with van der Waals surface area (Å²) >= 11 is 0. The molecule has 0 aromatic heterocycles. The fourth-order valence-corrected chi connectivity index (χ4v) is 0.961. The molecular formula is C9H12N4O7. The Balaban J connectivity index is 0.000000796. The van der Waals surface area contributed by atoms with Crippen LogP contribution in [0.3, 0.4) is 0 Å². The third-order valence-corrected chi connectivity index (χ3v) is 1.99. The number of non-ortho nitro benzene ring substituents is 1. The van der Waals surface area contributed by atoms with Crippen LogP contribution in [-0.4, -0.2) is 21.3 Å². The molecule has 1 aromatic rings. The molecule has 0 saturated heterocycles. The predicted molar refractivity (Wildman–Crippen MR) is 63.9 cm³/mol. The topological polar surface area (TPSA) is 180 Å². The summed E-state index contributed by atoms with van der Waals surface area (Å²) in [6.45, 7) is 3.19. The van der Waals surface area contributed by atoms with Gasteiger partial charge in [0.1, 0.15) is 0 Å². The second-order valence-electron chi connectivity index (χ2n) is 3.44. The molecule has 0 spiro atoms. The molecule has 0 aliphatic heterocycles. The lowest BCUT2D eigenvalue weighted by Gasteiger charge is -2.06. The third kappa shape index (κ3) is 4.45. The third-order valence-electron chi connectivity index (χ3n) is 1.99. The molecule has 0 heterocycles. The van der Waals surface area contributed by atoms with Crippen molar-refractivity contribution in [1.29, 1.82) is 0 Å². The summed E-state index contributed by atoms with van der Waals surface area (Å²) in [6, 6.07) is 0.769. The highest BCUT2D eigenvalue weighted by Crippen LogP contribution is 2.36. The normalized spacial score (nSPS) is 9.30. The van der Waals surface area contributed by atoms with Crippen molar-refractivity contribution in [2.45, 2.75) is 13.3 Å². The van der Waals surface area contributed by atoms with E-state index >= 15 is 0 Å². The summed E-state index contributed by atoms with van der Waals surface area (Å²) in [6.07, 6.45) is 1.21. The van der Waals surface area contributed by atoms with Gasteiger partial charge in [-0.3, -0.25) is 30.3 Å². The van der Waals surface area contributed by atoms with Crippen LogP contribution in [0.1, 0.15) is 13.3 Å². The molecule has 1 aromatic carbocycles. The van der Waals surface area contributed by atoms with E-state index in [-0.39, 0.29) is 0 Å². The number of benzene rings is 1. The zero-order chi connectivity index (χ0) is 15.9. The highest BCUT2D eigenvalue weighted by atomic mass is 16.6. The zero-order valence-electron chi connectivity index (χ0n) is 10.5. The number of nitrogens with zero attached hydrogens (tertiary/aromatic N) is 3. The minimum absolute atomic E-state index is 0.384. The van der Waals surface area contributed by atoms with Crippen molar-refractivity contribution in [3.63, 3.8) is 0 Å². The van der Waals surface area contributed by atoms with Crippen molar-refractivity contribution < 1.29 is 25.6 Å². The van der Waals surface area contributed by atoms with Crippen LogP contribution in [0.15, 0.2) is 12.1 Å². The molecule has 0 atom stereocenters. The Morgan fingerprint density at radius 3 is 1.55 bits per heavy atom. The van der Waals surface area contributed by atoms with E-state index in [1.165, 1.54) is 6.42 Å². The average molecular weight is 288 g/mol. The van der Waals surface area contributed by atoms with Crippen molar-refractivity contribution in [1.82, 2.24) is 0 Å². The minimum atomic E-state index is -1.46. The van der Waals surface area contributed by atoms with E-state index in [1.54, 1.807) is 0 Å². The second-order valence-corrected chi connectivity index (χ2v) is 3.44. The van der Waals surface area contributed by atoms with E-state index in [9.17, 15) is 35.4 Å². The van der Waals surface area contributed by atoms with Gasteiger partial charge in [0.15, 0.2) is 0 Å². The monoisotopic (exact) mass is 288 g/mol. The highest BCUT2D eigenvalue weighted by Gasteiger charge is 2.24. The lowest BCUT2D eigenvalue weighted by atomic mass is 10.2. The zero-order valence-corrected chi connectivity index (χ0v) is 10.5. The molecule has 3 N–H and O–H groups in total. The SMILES string of the molecule is CCC[NH3+].O=[N+]([O-])c1cc([N+](=O)[O-])c([O-])c([N+](=O)[O-])c1.